The number of hydrogen-bond acceptors (Lipinski definition) is 5. The Morgan fingerprint density at radius 1 is 1.23 bits per heavy atom. The first-order chi connectivity index (χ1) is 10.7. The molecular formula is C15H15N5O2. The third-order valence-corrected chi connectivity index (χ3v) is 3.04. The van der Waals surface area contributed by atoms with E-state index in [1.54, 1.807) is 41.3 Å². The van der Waals surface area contributed by atoms with Crippen LogP contribution in [0.4, 0.5) is 16.2 Å². The second-order valence-electron chi connectivity index (χ2n) is 4.54. The minimum atomic E-state index is -0.175. The highest BCUT2D eigenvalue weighted by Gasteiger charge is 2.16. The first-order valence-electron chi connectivity index (χ1n) is 6.73. The molecule has 2 amide bonds. The van der Waals surface area contributed by atoms with Gasteiger partial charge >= 0.3 is 6.03 Å². The summed E-state index contributed by atoms with van der Waals surface area (Å²) in [6, 6.07) is 10.4. The first kappa shape index (κ1) is 15.4. The molecule has 0 spiro atoms. The van der Waals surface area contributed by atoms with Crippen LogP contribution in [-0.2, 0) is 4.74 Å². The Morgan fingerprint density at radius 2 is 1.91 bits per heavy atom. The van der Waals surface area contributed by atoms with E-state index in [1.165, 1.54) is 6.20 Å². The molecule has 1 fully saturated rings. The summed E-state index contributed by atoms with van der Waals surface area (Å²) in [5.41, 5.74) is 1.27. The van der Waals surface area contributed by atoms with Crippen LogP contribution in [-0.4, -0.2) is 37.2 Å². The molecule has 2 rings (SSSR count). The number of rotatable bonds is 3. The van der Waals surface area contributed by atoms with Gasteiger partial charge in [-0.1, -0.05) is 6.07 Å². The molecule has 0 radical (unpaired) electrons. The van der Waals surface area contributed by atoms with Crippen molar-refractivity contribution in [1.82, 2.24) is 4.90 Å². The van der Waals surface area contributed by atoms with Gasteiger partial charge in [0.05, 0.1) is 13.2 Å². The molecule has 0 saturated carbocycles. The van der Waals surface area contributed by atoms with Gasteiger partial charge in [0.2, 0.25) is 0 Å². The Kier molecular flexibility index (Phi) is 5.36. The van der Waals surface area contributed by atoms with Crippen molar-refractivity contribution in [3.63, 3.8) is 0 Å². The van der Waals surface area contributed by atoms with E-state index in [-0.39, 0.29) is 11.6 Å². The summed E-state index contributed by atoms with van der Waals surface area (Å²) in [7, 11) is 0. The molecule has 0 unspecified atom stereocenters. The predicted octanol–water partition coefficient (Wildman–Crippen LogP) is 1.89. The van der Waals surface area contributed by atoms with Crippen LogP contribution in [0.25, 0.3) is 0 Å². The van der Waals surface area contributed by atoms with Crippen LogP contribution < -0.4 is 10.6 Å². The number of ether oxygens (including phenoxy) is 1. The largest absolute Gasteiger partial charge is 0.378 e. The Bertz CT molecular complexity index is 635. The summed E-state index contributed by atoms with van der Waals surface area (Å²) in [6.07, 6.45) is 1.32. The number of nitriles is 2. The van der Waals surface area contributed by atoms with Crippen molar-refractivity contribution in [2.24, 2.45) is 0 Å². The molecule has 1 aliphatic heterocycles. The lowest BCUT2D eigenvalue weighted by molar-refractivity contribution is 0.0564. The van der Waals surface area contributed by atoms with Crippen molar-refractivity contribution >= 4 is 17.4 Å². The standard InChI is InChI=1S/C15H15N5O2/c16-9-12(10-17)11-18-13-2-1-3-14(8-13)19-15(21)20-4-6-22-7-5-20/h1-3,8,11,18H,4-7H2,(H,19,21). The van der Waals surface area contributed by atoms with E-state index in [4.69, 9.17) is 15.3 Å². The maximum Gasteiger partial charge on any atom is 0.322 e. The average molecular weight is 297 g/mol. The van der Waals surface area contributed by atoms with E-state index in [0.717, 1.165) is 0 Å². The fourth-order valence-corrected chi connectivity index (χ4v) is 1.90. The number of carbonyl (C=O) groups excluding carboxylic acids is 1. The summed E-state index contributed by atoms with van der Waals surface area (Å²) in [6.45, 7) is 2.23. The van der Waals surface area contributed by atoms with Gasteiger partial charge in [-0.3, -0.25) is 0 Å². The summed E-state index contributed by atoms with van der Waals surface area (Å²) in [4.78, 5) is 13.8. The number of hydrogen-bond donors (Lipinski definition) is 2. The monoisotopic (exact) mass is 297 g/mol. The molecule has 0 aliphatic carbocycles. The lowest BCUT2D eigenvalue weighted by atomic mass is 10.2. The Morgan fingerprint density at radius 3 is 2.59 bits per heavy atom. The van der Waals surface area contributed by atoms with Crippen molar-refractivity contribution < 1.29 is 9.53 Å². The topological polar surface area (TPSA) is 101 Å². The van der Waals surface area contributed by atoms with E-state index in [1.807, 2.05) is 0 Å². The summed E-state index contributed by atoms with van der Waals surface area (Å²) >= 11 is 0. The number of nitrogens with zero attached hydrogens (tertiary/aromatic N) is 3. The number of anilines is 2. The van der Waals surface area contributed by atoms with Crippen molar-refractivity contribution in [3.05, 3.63) is 36.0 Å². The average Bonchev–Trinajstić information content (AvgIpc) is 2.57. The molecule has 1 aromatic rings. The molecule has 2 N–H and O–H groups in total. The molecule has 1 saturated heterocycles. The van der Waals surface area contributed by atoms with Crippen molar-refractivity contribution in [2.45, 2.75) is 0 Å². The van der Waals surface area contributed by atoms with E-state index in [2.05, 4.69) is 10.6 Å². The van der Waals surface area contributed by atoms with Crippen molar-refractivity contribution in [2.75, 3.05) is 36.9 Å². The van der Waals surface area contributed by atoms with Gasteiger partial charge in [0.15, 0.2) is 0 Å². The molecular weight excluding hydrogens is 282 g/mol. The molecule has 1 aromatic carbocycles. The fourth-order valence-electron chi connectivity index (χ4n) is 1.90. The minimum Gasteiger partial charge on any atom is -0.378 e. The molecule has 0 bridgehead atoms. The van der Waals surface area contributed by atoms with Crippen LogP contribution in [0.3, 0.4) is 0 Å². The van der Waals surface area contributed by atoms with Gasteiger partial charge in [0.25, 0.3) is 0 Å². The highest BCUT2D eigenvalue weighted by atomic mass is 16.5. The van der Waals surface area contributed by atoms with Crippen molar-refractivity contribution in [1.29, 1.82) is 10.5 Å². The summed E-state index contributed by atoms with van der Waals surface area (Å²) in [5.74, 6) is 0. The van der Waals surface area contributed by atoms with Gasteiger partial charge in [-0.25, -0.2) is 4.79 Å². The zero-order valence-corrected chi connectivity index (χ0v) is 11.9. The van der Waals surface area contributed by atoms with Crippen LogP contribution in [0.2, 0.25) is 0 Å². The molecule has 0 atom stereocenters. The molecule has 7 heteroatoms. The molecule has 1 aliphatic rings. The lowest BCUT2D eigenvalue weighted by Crippen LogP contribution is -2.43. The van der Waals surface area contributed by atoms with Crippen LogP contribution in [0.5, 0.6) is 0 Å². The van der Waals surface area contributed by atoms with Crippen LogP contribution in [0.1, 0.15) is 0 Å². The SMILES string of the molecule is N#CC(C#N)=CNc1cccc(NC(=O)N2CCOCC2)c1. The van der Waals surface area contributed by atoms with Gasteiger partial charge in [0.1, 0.15) is 17.7 Å². The van der Waals surface area contributed by atoms with E-state index in [9.17, 15) is 4.79 Å². The molecule has 0 aromatic heterocycles. The minimum absolute atomic E-state index is 0.0252. The zero-order chi connectivity index (χ0) is 15.8. The maximum atomic E-state index is 12.1. The number of morpholine rings is 1. The second-order valence-corrected chi connectivity index (χ2v) is 4.54. The van der Waals surface area contributed by atoms with Crippen LogP contribution in [0.15, 0.2) is 36.0 Å². The number of amides is 2. The molecule has 1 heterocycles. The lowest BCUT2D eigenvalue weighted by Gasteiger charge is -2.27. The summed E-state index contributed by atoms with van der Waals surface area (Å²) < 4.78 is 5.20. The van der Waals surface area contributed by atoms with Gasteiger partial charge in [-0.05, 0) is 18.2 Å². The highest BCUT2D eigenvalue weighted by molar-refractivity contribution is 5.90. The van der Waals surface area contributed by atoms with Gasteiger partial charge in [0, 0.05) is 30.7 Å². The summed E-state index contributed by atoms with van der Waals surface area (Å²) in [5, 5.41) is 23.0. The second kappa shape index (κ2) is 7.67. The van der Waals surface area contributed by atoms with E-state index >= 15 is 0 Å². The zero-order valence-electron chi connectivity index (χ0n) is 11.9. The number of urea groups is 1. The Balaban J connectivity index is 1.99. The smallest absolute Gasteiger partial charge is 0.322 e. The molecule has 112 valence electrons. The molecule has 7 nitrogen and oxygen atoms in total. The first-order valence-corrected chi connectivity index (χ1v) is 6.73. The number of allylic oxidation sites excluding steroid dienone is 1. The van der Waals surface area contributed by atoms with Crippen molar-refractivity contribution in [3.8, 4) is 12.1 Å². The maximum absolute atomic E-state index is 12.1. The Hall–Kier alpha value is -3.03. The fraction of sp³-hybridized carbons (Fsp3) is 0.267. The number of nitrogens with one attached hydrogen (secondary N) is 2. The van der Waals surface area contributed by atoms with Gasteiger partial charge in [-0.2, -0.15) is 10.5 Å². The van der Waals surface area contributed by atoms with Gasteiger partial charge < -0.3 is 20.3 Å². The molecule has 22 heavy (non-hydrogen) atoms. The predicted molar refractivity (Wildman–Crippen MR) is 80.8 cm³/mol. The normalized spacial score (nSPS) is 13.5. The third kappa shape index (κ3) is 4.23. The third-order valence-electron chi connectivity index (χ3n) is 3.04. The Labute approximate surface area is 128 Å². The highest BCUT2D eigenvalue weighted by Crippen LogP contribution is 2.16. The van der Waals surface area contributed by atoms with Gasteiger partial charge in [-0.15, -0.1) is 0 Å². The number of benzene rings is 1. The van der Waals surface area contributed by atoms with E-state index in [0.29, 0.717) is 37.7 Å². The van der Waals surface area contributed by atoms with E-state index < -0.39 is 0 Å². The number of carbonyl (C=O) groups is 1. The van der Waals surface area contributed by atoms with Crippen LogP contribution in [0, 0.1) is 22.7 Å². The quantitative estimate of drug-likeness (QED) is 0.830. The van der Waals surface area contributed by atoms with Crippen LogP contribution >= 0.6 is 0 Å².